The maximum Gasteiger partial charge on any atom is 0.191 e. The molecule has 0 bridgehead atoms. The van der Waals surface area contributed by atoms with Crippen molar-refractivity contribution < 1.29 is 0 Å². The van der Waals surface area contributed by atoms with Gasteiger partial charge in [-0.1, -0.05) is 31.2 Å². The molecule has 7 nitrogen and oxygen atoms in total. The van der Waals surface area contributed by atoms with E-state index in [4.69, 9.17) is 0 Å². The summed E-state index contributed by atoms with van der Waals surface area (Å²) in [6.07, 6.45) is 1.00. The molecule has 0 unspecified atom stereocenters. The summed E-state index contributed by atoms with van der Waals surface area (Å²) in [5.41, 5.74) is 4.95. The molecule has 7 heteroatoms. The van der Waals surface area contributed by atoms with Crippen LogP contribution in [0.3, 0.4) is 0 Å². The molecule has 0 amide bonds. The fourth-order valence-corrected chi connectivity index (χ4v) is 4.03. The van der Waals surface area contributed by atoms with E-state index in [1.807, 2.05) is 14.0 Å². The van der Waals surface area contributed by atoms with Crippen LogP contribution in [0.5, 0.6) is 0 Å². The summed E-state index contributed by atoms with van der Waals surface area (Å²) in [5, 5.41) is 11.3. The third kappa shape index (κ3) is 7.36. The van der Waals surface area contributed by atoms with E-state index in [1.54, 1.807) is 0 Å². The normalized spacial score (nSPS) is 15.9. The maximum absolute atomic E-state index is 4.51. The van der Waals surface area contributed by atoms with E-state index in [2.05, 4.69) is 79.4 Å². The SMILES string of the molecule is CCN1CCN(Cc2ccc(CNC(=NC)NCCCn3nc(C)cc3C)cc2)CC1. The van der Waals surface area contributed by atoms with Crippen LogP contribution in [-0.2, 0) is 19.6 Å². The van der Waals surface area contributed by atoms with Crippen LogP contribution < -0.4 is 10.6 Å². The molecule has 1 aromatic carbocycles. The van der Waals surface area contributed by atoms with E-state index >= 15 is 0 Å². The van der Waals surface area contributed by atoms with Gasteiger partial charge in [-0.3, -0.25) is 14.6 Å². The van der Waals surface area contributed by atoms with Crippen LogP contribution in [0.1, 0.15) is 35.9 Å². The van der Waals surface area contributed by atoms with Crippen molar-refractivity contribution in [2.45, 2.75) is 46.8 Å². The zero-order valence-electron chi connectivity index (χ0n) is 19.7. The van der Waals surface area contributed by atoms with E-state index in [1.165, 1.54) is 43.0 Å². The van der Waals surface area contributed by atoms with Crippen molar-refractivity contribution in [2.24, 2.45) is 4.99 Å². The minimum atomic E-state index is 0.770. The molecule has 0 atom stereocenters. The maximum atomic E-state index is 4.51. The number of nitrogens with zero attached hydrogens (tertiary/aromatic N) is 5. The predicted molar refractivity (Wildman–Crippen MR) is 128 cm³/mol. The van der Waals surface area contributed by atoms with Crippen LogP contribution in [0, 0.1) is 13.8 Å². The summed E-state index contributed by atoms with van der Waals surface area (Å²) in [4.78, 5) is 9.41. The van der Waals surface area contributed by atoms with Gasteiger partial charge in [0.15, 0.2) is 5.96 Å². The second-order valence-electron chi connectivity index (χ2n) is 8.38. The molecule has 2 heterocycles. The van der Waals surface area contributed by atoms with Gasteiger partial charge in [0.1, 0.15) is 0 Å². The topological polar surface area (TPSA) is 60.7 Å². The standard InChI is InChI=1S/C24H39N7/c1-5-29-13-15-30(16-14-29)19-23-9-7-22(8-10-23)18-27-24(25-4)26-11-6-12-31-21(3)17-20(2)28-31/h7-10,17H,5-6,11-16,18-19H2,1-4H3,(H2,25,26,27). The van der Waals surface area contributed by atoms with E-state index in [0.29, 0.717) is 0 Å². The van der Waals surface area contributed by atoms with Crippen molar-refractivity contribution in [1.29, 1.82) is 0 Å². The number of rotatable bonds is 9. The molecule has 1 aliphatic heterocycles. The highest BCUT2D eigenvalue weighted by Crippen LogP contribution is 2.10. The highest BCUT2D eigenvalue weighted by Gasteiger charge is 2.15. The number of aromatic nitrogens is 2. The Morgan fingerprint density at radius 2 is 1.68 bits per heavy atom. The van der Waals surface area contributed by atoms with Gasteiger partial charge < -0.3 is 15.5 Å². The Hall–Kier alpha value is -2.38. The molecule has 0 saturated carbocycles. The lowest BCUT2D eigenvalue weighted by Gasteiger charge is -2.34. The molecule has 2 aromatic rings. The molecule has 1 aliphatic rings. The van der Waals surface area contributed by atoms with Crippen molar-refractivity contribution in [3.05, 3.63) is 52.8 Å². The minimum Gasteiger partial charge on any atom is -0.356 e. The fraction of sp³-hybridized carbons (Fsp3) is 0.583. The van der Waals surface area contributed by atoms with Gasteiger partial charge in [-0.05, 0) is 44.0 Å². The van der Waals surface area contributed by atoms with Gasteiger partial charge in [-0.15, -0.1) is 0 Å². The van der Waals surface area contributed by atoms with Crippen molar-refractivity contribution in [3.63, 3.8) is 0 Å². The third-order valence-electron chi connectivity index (χ3n) is 5.97. The molecular weight excluding hydrogens is 386 g/mol. The zero-order chi connectivity index (χ0) is 22.1. The molecule has 1 aromatic heterocycles. The molecule has 0 aliphatic carbocycles. The molecule has 3 rings (SSSR count). The Kier molecular flexibility index (Phi) is 8.91. The number of benzene rings is 1. The van der Waals surface area contributed by atoms with Crippen LogP contribution in [0.25, 0.3) is 0 Å². The summed E-state index contributed by atoms with van der Waals surface area (Å²) >= 11 is 0. The average molecular weight is 426 g/mol. The van der Waals surface area contributed by atoms with E-state index in [-0.39, 0.29) is 0 Å². The molecule has 0 radical (unpaired) electrons. The molecule has 170 valence electrons. The second kappa shape index (κ2) is 11.9. The Morgan fingerprint density at radius 1 is 1.00 bits per heavy atom. The van der Waals surface area contributed by atoms with Gasteiger partial charge in [-0.2, -0.15) is 5.10 Å². The highest BCUT2D eigenvalue weighted by atomic mass is 15.3. The zero-order valence-corrected chi connectivity index (χ0v) is 19.7. The van der Waals surface area contributed by atoms with Crippen LogP contribution >= 0.6 is 0 Å². The van der Waals surface area contributed by atoms with E-state index < -0.39 is 0 Å². The molecule has 31 heavy (non-hydrogen) atoms. The van der Waals surface area contributed by atoms with Crippen molar-refractivity contribution in [1.82, 2.24) is 30.2 Å². The van der Waals surface area contributed by atoms with Crippen LogP contribution in [0.2, 0.25) is 0 Å². The number of aryl methyl sites for hydroxylation is 3. The Morgan fingerprint density at radius 3 is 2.29 bits per heavy atom. The number of nitrogens with one attached hydrogen (secondary N) is 2. The molecule has 1 saturated heterocycles. The lowest BCUT2D eigenvalue weighted by Crippen LogP contribution is -2.45. The average Bonchev–Trinajstić information content (AvgIpc) is 3.11. The highest BCUT2D eigenvalue weighted by molar-refractivity contribution is 5.79. The first-order valence-electron chi connectivity index (χ1n) is 11.6. The Balaban J connectivity index is 1.36. The number of piperazine rings is 1. The quantitative estimate of drug-likeness (QED) is 0.367. The molecule has 2 N–H and O–H groups in total. The lowest BCUT2D eigenvalue weighted by atomic mass is 10.1. The summed E-state index contributed by atoms with van der Waals surface area (Å²) in [6.45, 7) is 15.8. The van der Waals surface area contributed by atoms with Gasteiger partial charge in [0.25, 0.3) is 0 Å². The van der Waals surface area contributed by atoms with Crippen molar-refractivity contribution >= 4 is 5.96 Å². The first kappa shape index (κ1) is 23.3. The number of hydrogen-bond donors (Lipinski definition) is 2. The fourth-order valence-electron chi connectivity index (χ4n) is 4.03. The van der Waals surface area contributed by atoms with E-state index in [0.717, 1.165) is 50.8 Å². The first-order chi connectivity index (χ1) is 15.1. The summed E-state index contributed by atoms with van der Waals surface area (Å²) in [6, 6.07) is 11.1. The monoisotopic (exact) mass is 425 g/mol. The minimum absolute atomic E-state index is 0.770. The third-order valence-corrected chi connectivity index (χ3v) is 5.97. The van der Waals surface area contributed by atoms with Gasteiger partial charge in [0.05, 0.1) is 5.69 Å². The number of likely N-dealkylation sites (N-methyl/N-ethyl adjacent to an activating group) is 1. The van der Waals surface area contributed by atoms with Crippen LogP contribution in [0.15, 0.2) is 35.3 Å². The van der Waals surface area contributed by atoms with Crippen molar-refractivity contribution in [2.75, 3.05) is 46.3 Å². The van der Waals surface area contributed by atoms with Gasteiger partial charge >= 0.3 is 0 Å². The number of hydrogen-bond acceptors (Lipinski definition) is 4. The smallest absolute Gasteiger partial charge is 0.191 e. The van der Waals surface area contributed by atoms with Crippen molar-refractivity contribution in [3.8, 4) is 0 Å². The van der Waals surface area contributed by atoms with E-state index in [9.17, 15) is 0 Å². The van der Waals surface area contributed by atoms with Gasteiger partial charge in [0.2, 0.25) is 0 Å². The summed E-state index contributed by atoms with van der Waals surface area (Å²) < 4.78 is 2.07. The first-order valence-corrected chi connectivity index (χ1v) is 11.6. The van der Waals surface area contributed by atoms with Crippen LogP contribution in [0.4, 0.5) is 0 Å². The Labute approximate surface area is 187 Å². The number of aliphatic imine (C=N–C) groups is 1. The predicted octanol–water partition coefficient (Wildman–Crippen LogP) is 2.39. The van der Waals surface area contributed by atoms with Crippen LogP contribution in [-0.4, -0.2) is 71.9 Å². The van der Waals surface area contributed by atoms with Gasteiger partial charge in [-0.25, -0.2) is 0 Å². The molecule has 1 fully saturated rings. The number of guanidine groups is 1. The summed E-state index contributed by atoms with van der Waals surface area (Å²) in [7, 11) is 1.82. The Bertz CT molecular complexity index is 817. The largest absolute Gasteiger partial charge is 0.356 e. The second-order valence-corrected chi connectivity index (χ2v) is 8.38. The van der Waals surface area contributed by atoms with Gasteiger partial charge in [0, 0.05) is 65.1 Å². The lowest BCUT2D eigenvalue weighted by molar-refractivity contribution is 0.132. The summed E-state index contributed by atoms with van der Waals surface area (Å²) in [5.74, 6) is 0.839. The molecule has 0 spiro atoms. The molecular formula is C24H39N7.